The van der Waals surface area contributed by atoms with Crippen molar-refractivity contribution in [1.29, 1.82) is 0 Å². The molecule has 1 unspecified atom stereocenters. The van der Waals surface area contributed by atoms with E-state index in [1.54, 1.807) is 6.07 Å². The van der Waals surface area contributed by atoms with E-state index in [0.29, 0.717) is 6.04 Å². The molecule has 1 N–H and O–H groups in total. The molecule has 2 nitrogen and oxygen atoms in total. The zero-order valence-corrected chi connectivity index (χ0v) is 9.75. The number of nitrogens with zero attached hydrogens (tertiary/aromatic N) is 1. The van der Waals surface area contributed by atoms with Crippen molar-refractivity contribution in [3.8, 4) is 0 Å². The summed E-state index contributed by atoms with van der Waals surface area (Å²) in [7, 11) is 2.00. The average Bonchev–Trinajstić information content (AvgIpc) is 2.76. The molecule has 1 aromatic carbocycles. The van der Waals surface area contributed by atoms with E-state index in [1.165, 1.54) is 12.5 Å². The Morgan fingerprint density at radius 2 is 2.25 bits per heavy atom. The van der Waals surface area contributed by atoms with E-state index in [2.05, 4.69) is 10.2 Å². The first-order valence-corrected chi connectivity index (χ1v) is 5.92. The van der Waals surface area contributed by atoms with Crippen LogP contribution in [0.15, 0.2) is 24.3 Å². The van der Waals surface area contributed by atoms with Gasteiger partial charge in [0.05, 0.1) is 0 Å². The Morgan fingerprint density at radius 1 is 1.44 bits per heavy atom. The molecule has 88 valence electrons. The average molecular weight is 222 g/mol. The summed E-state index contributed by atoms with van der Waals surface area (Å²) in [6, 6.07) is 7.67. The molecule has 1 fully saturated rings. The van der Waals surface area contributed by atoms with Crippen molar-refractivity contribution < 1.29 is 4.39 Å². The monoisotopic (exact) mass is 222 g/mol. The first-order valence-electron chi connectivity index (χ1n) is 5.92. The number of likely N-dealkylation sites (N-methyl/N-ethyl adjacent to an activating group) is 1. The minimum absolute atomic E-state index is 0.0770. The smallest absolute Gasteiger partial charge is 0.126 e. The Kier molecular flexibility index (Phi) is 3.91. The minimum Gasteiger partial charge on any atom is -0.316 e. The van der Waals surface area contributed by atoms with E-state index in [-0.39, 0.29) is 5.82 Å². The van der Waals surface area contributed by atoms with Gasteiger partial charge in [-0.15, -0.1) is 0 Å². The zero-order chi connectivity index (χ0) is 11.4. The van der Waals surface area contributed by atoms with Crippen LogP contribution < -0.4 is 5.32 Å². The number of likely N-dealkylation sites (tertiary alicyclic amines) is 1. The molecule has 0 amide bonds. The lowest BCUT2D eigenvalue weighted by Crippen LogP contribution is -2.30. The first kappa shape index (κ1) is 11.6. The van der Waals surface area contributed by atoms with Crippen LogP contribution in [-0.4, -0.2) is 37.6 Å². The fourth-order valence-electron chi connectivity index (χ4n) is 2.25. The molecule has 0 aromatic heterocycles. The molecule has 2 rings (SSSR count). The number of halogens is 1. The van der Waals surface area contributed by atoms with Crippen molar-refractivity contribution >= 4 is 0 Å². The predicted molar refractivity (Wildman–Crippen MR) is 64.0 cm³/mol. The molecular formula is C13H19FN2. The lowest BCUT2D eigenvalue weighted by Gasteiger charge is -2.15. The summed E-state index contributed by atoms with van der Waals surface area (Å²) in [6.07, 6.45) is 2.01. The van der Waals surface area contributed by atoms with Gasteiger partial charge in [-0.3, -0.25) is 0 Å². The van der Waals surface area contributed by atoms with Crippen molar-refractivity contribution in [3.05, 3.63) is 35.6 Å². The Balaban J connectivity index is 1.82. The highest BCUT2D eigenvalue weighted by atomic mass is 19.1. The fraction of sp³-hybridized carbons (Fsp3) is 0.538. The van der Waals surface area contributed by atoms with Crippen LogP contribution in [-0.2, 0) is 6.42 Å². The minimum atomic E-state index is -0.0770. The van der Waals surface area contributed by atoms with E-state index in [9.17, 15) is 4.39 Å². The number of nitrogens with one attached hydrogen (secondary N) is 1. The highest BCUT2D eigenvalue weighted by Gasteiger charge is 2.20. The highest BCUT2D eigenvalue weighted by molar-refractivity contribution is 5.17. The van der Waals surface area contributed by atoms with Crippen LogP contribution in [0.25, 0.3) is 0 Å². The molecular weight excluding hydrogens is 203 g/mol. The SMILES string of the molecule is CNC1CCN(CCc2ccccc2F)C1. The van der Waals surface area contributed by atoms with Gasteiger partial charge in [-0.25, -0.2) is 4.39 Å². The molecule has 1 saturated heterocycles. The molecule has 0 aliphatic carbocycles. The zero-order valence-electron chi connectivity index (χ0n) is 9.75. The Morgan fingerprint density at radius 3 is 2.94 bits per heavy atom. The third kappa shape index (κ3) is 2.80. The first-order chi connectivity index (χ1) is 7.79. The number of hydrogen-bond donors (Lipinski definition) is 1. The molecule has 1 aliphatic heterocycles. The number of rotatable bonds is 4. The standard InChI is InChI=1S/C13H19FN2/c1-15-12-7-9-16(10-12)8-6-11-4-2-3-5-13(11)14/h2-5,12,15H,6-10H2,1H3. The molecule has 1 aliphatic rings. The lowest BCUT2D eigenvalue weighted by atomic mass is 10.1. The van der Waals surface area contributed by atoms with Crippen LogP contribution in [0.4, 0.5) is 4.39 Å². The van der Waals surface area contributed by atoms with Gasteiger partial charge >= 0.3 is 0 Å². The third-order valence-corrected chi connectivity index (χ3v) is 3.34. The van der Waals surface area contributed by atoms with Gasteiger partial charge in [0, 0.05) is 19.1 Å². The van der Waals surface area contributed by atoms with Crippen LogP contribution in [0.5, 0.6) is 0 Å². The fourth-order valence-corrected chi connectivity index (χ4v) is 2.25. The summed E-state index contributed by atoms with van der Waals surface area (Å²) in [5.74, 6) is -0.0770. The third-order valence-electron chi connectivity index (χ3n) is 3.34. The molecule has 3 heteroatoms. The van der Waals surface area contributed by atoms with Gasteiger partial charge < -0.3 is 10.2 Å². The summed E-state index contributed by atoms with van der Waals surface area (Å²) in [5.41, 5.74) is 0.829. The molecule has 1 atom stereocenters. The molecule has 16 heavy (non-hydrogen) atoms. The van der Waals surface area contributed by atoms with E-state index < -0.39 is 0 Å². The summed E-state index contributed by atoms with van der Waals surface area (Å²) in [6.45, 7) is 3.17. The Bertz CT molecular complexity index is 340. The molecule has 0 radical (unpaired) electrons. The second kappa shape index (κ2) is 5.41. The van der Waals surface area contributed by atoms with Crippen molar-refractivity contribution in [3.63, 3.8) is 0 Å². The van der Waals surface area contributed by atoms with Crippen molar-refractivity contribution in [2.24, 2.45) is 0 Å². The summed E-state index contributed by atoms with van der Waals surface area (Å²) in [5, 5.41) is 3.29. The maximum atomic E-state index is 13.4. The normalized spacial score (nSPS) is 21.5. The summed E-state index contributed by atoms with van der Waals surface area (Å²) in [4.78, 5) is 2.40. The molecule has 0 spiro atoms. The van der Waals surface area contributed by atoms with E-state index >= 15 is 0 Å². The van der Waals surface area contributed by atoms with E-state index in [4.69, 9.17) is 0 Å². The maximum Gasteiger partial charge on any atom is 0.126 e. The van der Waals surface area contributed by atoms with Gasteiger partial charge in [-0.05, 0) is 38.1 Å². The van der Waals surface area contributed by atoms with Gasteiger partial charge in [0.2, 0.25) is 0 Å². The molecule has 1 aromatic rings. The topological polar surface area (TPSA) is 15.3 Å². The Labute approximate surface area is 96.5 Å². The van der Waals surface area contributed by atoms with Gasteiger partial charge in [-0.1, -0.05) is 18.2 Å². The number of benzene rings is 1. The van der Waals surface area contributed by atoms with Crippen LogP contribution in [0.3, 0.4) is 0 Å². The maximum absolute atomic E-state index is 13.4. The predicted octanol–water partition coefficient (Wildman–Crippen LogP) is 1.66. The number of hydrogen-bond acceptors (Lipinski definition) is 2. The van der Waals surface area contributed by atoms with Crippen LogP contribution >= 0.6 is 0 Å². The molecule has 0 bridgehead atoms. The van der Waals surface area contributed by atoms with Gasteiger partial charge in [0.15, 0.2) is 0 Å². The van der Waals surface area contributed by atoms with Crippen molar-refractivity contribution in [2.75, 3.05) is 26.7 Å². The van der Waals surface area contributed by atoms with Crippen LogP contribution in [0.1, 0.15) is 12.0 Å². The van der Waals surface area contributed by atoms with Crippen LogP contribution in [0, 0.1) is 5.82 Å². The molecule has 0 saturated carbocycles. The quantitative estimate of drug-likeness (QED) is 0.833. The van der Waals surface area contributed by atoms with E-state index in [1.807, 2.05) is 19.2 Å². The van der Waals surface area contributed by atoms with E-state index in [0.717, 1.165) is 31.6 Å². The van der Waals surface area contributed by atoms with Gasteiger partial charge in [0.25, 0.3) is 0 Å². The summed E-state index contributed by atoms with van der Waals surface area (Å²) >= 11 is 0. The van der Waals surface area contributed by atoms with Crippen LogP contribution in [0.2, 0.25) is 0 Å². The van der Waals surface area contributed by atoms with Crippen molar-refractivity contribution in [2.45, 2.75) is 18.9 Å². The largest absolute Gasteiger partial charge is 0.316 e. The highest BCUT2D eigenvalue weighted by Crippen LogP contribution is 2.12. The van der Waals surface area contributed by atoms with Gasteiger partial charge in [-0.2, -0.15) is 0 Å². The van der Waals surface area contributed by atoms with Crippen molar-refractivity contribution in [1.82, 2.24) is 10.2 Å². The summed E-state index contributed by atoms with van der Waals surface area (Å²) < 4.78 is 13.4. The van der Waals surface area contributed by atoms with Gasteiger partial charge in [0.1, 0.15) is 5.82 Å². The second-order valence-corrected chi connectivity index (χ2v) is 4.42. The molecule has 1 heterocycles. The Hall–Kier alpha value is -0.930. The second-order valence-electron chi connectivity index (χ2n) is 4.42. The lowest BCUT2D eigenvalue weighted by molar-refractivity contribution is 0.332.